The third kappa shape index (κ3) is 3.17. The van der Waals surface area contributed by atoms with E-state index < -0.39 is 0 Å². The topological polar surface area (TPSA) is 38.3 Å². The molecule has 2 aliphatic rings. The summed E-state index contributed by atoms with van der Waals surface area (Å²) in [5.74, 6) is 1.48. The van der Waals surface area contributed by atoms with Gasteiger partial charge in [-0.25, -0.2) is 0 Å². The van der Waals surface area contributed by atoms with Crippen LogP contribution in [-0.2, 0) is 11.2 Å². The Morgan fingerprint density at radius 3 is 3.00 bits per heavy atom. The van der Waals surface area contributed by atoms with Crippen molar-refractivity contribution in [3.05, 3.63) is 29.8 Å². The second-order valence-corrected chi connectivity index (χ2v) is 7.09. The lowest BCUT2D eigenvalue weighted by atomic mass is 9.89. The molecular weight excluding hydrogens is 318 g/mol. The Labute approximate surface area is 128 Å². The van der Waals surface area contributed by atoms with Crippen molar-refractivity contribution in [2.45, 2.75) is 43.0 Å². The van der Waals surface area contributed by atoms with Gasteiger partial charge in [0.15, 0.2) is 6.10 Å². The van der Waals surface area contributed by atoms with Crippen molar-refractivity contribution in [1.82, 2.24) is 5.32 Å². The Balaban J connectivity index is 1.49. The van der Waals surface area contributed by atoms with Crippen molar-refractivity contribution < 1.29 is 9.53 Å². The Kier molecular flexibility index (Phi) is 4.29. The van der Waals surface area contributed by atoms with Crippen LogP contribution in [0.1, 0.15) is 31.2 Å². The molecule has 108 valence electrons. The highest BCUT2D eigenvalue weighted by Gasteiger charge is 2.29. The summed E-state index contributed by atoms with van der Waals surface area (Å²) in [6.07, 6.45) is 5.22. The number of benzene rings is 1. The molecule has 3 rings (SSSR count). The summed E-state index contributed by atoms with van der Waals surface area (Å²) in [4.78, 5) is 12.8. The molecule has 0 saturated heterocycles. The lowest BCUT2D eigenvalue weighted by molar-refractivity contribution is -0.127. The number of nitrogens with one attached hydrogen (secondary N) is 1. The summed E-state index contributed by atoms with van der Waals surface area (Å²) in [7, 11) is 0. The lowest BCUT2D eigenvalue weighted by Crippen LogP contribution is -2.40. The number of fused-ring (bicyclic) bond motifs is 1. The van der Waals surface area contributed by atoms with E-state index in [2.05, 4.69) is 21.2 Å². The minimum atomic E-state index is -0.351. The number of halogens is 1. The fourth-order valence-corrected chi connectivity index (χ4v) is 3.95. The van der Waals surface area contributed by atoms with Crippen molar-refractivity contribution >= 4 is 21.8 Å². The first-order valence-corrected chi connectivity index (χ1v) is 8.30. The van der Waals surface area contributed by atoms with Crippen LogP contribution in [0.2, 0.25) is 0 Å². The van der Waals surface area contributed by atoms with Crippen molar-refractivity contribution in [3.8, 4) is 5.75 Å². The van der Waals surface area contributed by atoms with Crippen molar-refractivity contribution in [1.29, 1.82) is 0 Å². The van der Waals surface area contributed by atoms with E-state index in [1.807, 2.05) is 24.3 Å². The van der Waals surface area contributed by atoms with Gasteiger partial charge in [-0.15, -0.1) is 0 Å². The SMILES string of the molecule is O=C(NCC1CCCC(Br)C1)C1Cc2ccccc2O1. The van der Waals surface area contributed by atoms with E-state index in [4.69, 9.17) is 4.74 Å². The van der Waals surface area contributed by atoms with Crippen LogP contribution < -0.4 is 10.1 Å². The molecule has 3 unspecified atom stereocenters. The number of carbonyl (C=O) groups is 1. The first-order chi connectivity index (χ1) is 9.72. The maximum atomic E-state index is 12.2. The molecule has 0 spiro atoms. The number of rotatable bonds is 3. The van der Waals surface area contributed by atoms with Crippen molar-refractivity contribution in [3.63, 3.8) is 0 Å². The molecule has 1 fully saturated rings. The van der Waals surface area contributed by atoms with Crippen LogP contribution in [0.3, 0.4) is 0 Å². The quantitative estimate of drug-likeness (QED) is 0.861. The minimum Gasteiger partial charge on any atom is -0.480 e. The second kappa shape index (κ2) is 6.17. The Hall–Kier alpha value is -1.03. The van der Waals surface area contributed by atoms with Gasteiger partial charge in [0, 0.05) is 17.8 Å². The molecule has 20 heavy (non-hydrogen) atoms. The maximum Gasteiger partial charge on any atom is 0.261 e. The zero-order valence-electron chi connectivity index (χ0n) is 11.5. The van der Waals surface area contributed by atoms with Crippen LogP contribution in [0.4, 0.5) is 0 Å². The standard InChI is InChI=1S/C16H20BrNO2/c17-13-6-3-4-11(8-13)10-18-16(19)15-9-12-5-1-2-7-14(12)20-15/h1-2,5,7,11,13,15H,3-4,6,8-10H2,(H,18,19). The van der Waals surface area contributed by atoms with Gasteiger partial charge in [0.05, 0.1) is 0 Å². The predicted octanol–water partition coefficient (Wildman–Crippen LogP) is 3.06. The van der Waals surface area contributed by atoms with Crippen LogP contribution in [0.25, 0.3) is 0 Å². The van der Waals surface area contributed by atoms with Gasteiger partial charge in [-0.1, -0.05) is 40.5 Å². The third-order valence-electron chi connectivity index (χ3n) is 4.22. The highest BCUT2D eigenvalue weighted by molar-refractivity contribution is 9.09. The van der Waals surface area contributed by atoms with Gasteiger partial charge in [-0.2, -0.15) is 0 Å². The van der Waals surface area contributed by atoms with E-state index in [0.29, 0.717) is 17.2 Å². The highest BCUT2D eigenvalue weighted by atomic mass is 79.9. The number of hydrogen-bond donors (Lipinski definition) is 1. The van der Waals surface area contributed by atoms with Crippen molar-refractivity contribution in [2.75, 3.05) is 6.54 Å². The van der Waals surface area contributed by atoms with Gasteiger partial charge >= 0.3 is 0 Å². The average Bonchev–Trinajstić information content (AvgIpc) is 2.89. The van der Waals surface area contributed by atoms with E-state index in [9.17, 15) is 4.79 Å². The number of ether oxygens (including phenoxy) is 1. The smallest absolute Gasteiger partial charge is 0.261 e. The molecule has 3 nitrogen and oxygen atoms in total. The molecule has 1 aliphatic heterocycles. The molecule has 1 N–H and O–H groups in total. The van der Waals surface area contributed by atoms with E-state index >= 15 is 0 Å². The van der Waals surface area contributed by atoms with Crippen LogP contribution in [0.15, 0.2) is 24.3 Å². The molecule has 1 aromatic carbocycles. The molecule has 1 saturated carbocycles. The van der Waals surface area contributed by atoms with Gasteiger partial charge < -0.3 is 10.1 Å². The van der Waals surface area contributed by atoms with Crippen LogP contribution >= 0.6 is 15.9 Å². The third-order valence-corrected chi connectivity index (χ3v) is 5.06. The maximum absolute atomic E-state index is 12.2. The molecule has 1 heterocycles. The summed E-state index contributed by atoms with van der Waals surface area (Å²) in [6.45, 7) is 0.775. The Bertz CT molecular complexity index is 466. The minimum absolute atomic E-state index is 0.0258. The fourth-order valence-electron chi connectivity index (χ4n) is 3.10. The molecule has 3 atom stereocenters. The fraction of sp³-hybridized carbons (Fsp3) is 0.562. The number of amides is 1. The highest BCUT2D eigenvalue weighted by Crippen LogP contribution is 2.29. The van der Waals surface area contributed by atoms with Crippen LogP contribution in [0, 0.1) is 5.92 Å². The summed E-state index contributed by atoms with van der Waals surface area (Å²) in [5.41, 5.74) is 1.13. The predicted molar refractivity (Wildman–Crippen MR) is 82.2 cm³/mol. The molecule has 4 heteroatoms. The number of hydrogen-bond acceptors (Lipinski definition) is 2. The number of para-hydroxylation sites is 1. The van der Waals surface area contributed by atoms with Gasteiger partial charge in [-0.05, 0) is 36.8 Å². The zero-order valence-corrected chi connectivity index (χ0v) is 13.1. The number of alkyl halides is 1. The molecular formula is C16H20BrNO2. The Morgan fingerprint density at radius 2 is 2.20 bits per heavy atom. The molecule has 0 radical (unpaired) electrons. The van der Waals surface area contributed by atoms with Gasteiger partial charge in [-0.3, -0.25) is 4.79 Å². The average molecular weight is 338 g/mol. The van der Waals surface area contributed by atoms with Gasteiger partial charge in [0.1, 0.15) is 5.75 Å². The van der Waals surface area contributed by atoms with E-state index in [1.165, 1.54) is 19.3 Å². The first kappa shape index (κ1) is 13.9. The molecule has 1 aromatic rings. The lowest BCUT2D eigenvalue weighted by Gasteiger charge is -2.26. The van der Waals surface area contributed by atoms with Gasteiger partial charge in [0.2, 0.25) is 0 Å². The summed E-state index contributed by atoms with van der Waals surface area (Å²) >= 11 is 3.68. The summed E-state index contributed by atoms with van der Waals surface area (Å²) in [5, 5.41) is 3.06. The van der Waals surface area contributed by atoms with Crippen molar-refractivity contribution in [2.24, 2.45) is 5.92 Å². The second-order valence-electron chi connectivity index (χ2n) is 5.79. The normalized spacial score (nSPS) is 28.6. The first-order valence-electron chi connectivity index (χ1n) is 7.38. The molecule has 0 aromatic heterocycles. The number of carbonyl (C=O) groups excluding carboxylic acids is 1. The Morgan fingerprint density at radius 1 is 1.35 bits per heavy atom. The summed E-state index contributed by atoms with van der Waals surface area (Å²) in [6, 6.07) is 7.89. The van der Waals surface area contributed by atoms with Crippen LogP contribution in [0.5, 0.6) is 5.75 Å². The van der Waals surface area contributed by atoms with Gasteiger partial charge in [0.25, 0.3) is 5.91 Å². The summed E-state index contributed by atoms with van der Waals surface area (Å²) < 4.78 is 5.71. The molecule has 1 aliphatic carbocycles. The van der Waals surface area contributed by atoms with E-state index in [-0.39, 0.29) is 12.0 Å². The zero-order chi connectivity index (χ0) is 13.9. The monoisotopic (exact) mass is 337 g/mol. The largest absolute Gasteiger partial charge is 0.480 e. The molecule has 0 bridgehead atoms. The van der Waals surface area contributed by atoms with E-state index in [0.717, 1.165) is 24.3 Å². The van der Waals surface area contributed by atoms with E-state index in [1.54, 1.807) is 0 Å². The molecule has 1 amide bonds. The van der Waals surface area contributed by atoms with Crippen LogP contribution in [-0.4, -0.2) is 23.4 Å².